The van der Waals surface area contributed by atoms with Crippen LogP contribution < -0.4 is 0 Å². The molecular weight excluding hydrogens is 170 g/mol. The van der Waals surface area contributed by atoms with E-state index in [2.05, 4.69) is 26.1 Å². The second-order valence-electron chi connectivity index (χ2n) is 1.46. The van der Waals surface area contributed by atoms with Gasteiger partial charge in [0.2, 0.25) is 0 Å². The van der Waals surface area contributed by atoms with Crippen molar-refractivity contribution in [3.63, 3.8) is 0 Å². The van der Waals surface area contributed by atoms with E-state index in [9.17, 15) is 0 Å². The van der Waals surface area contributed by atoms with Crippen LogP contribution in [0.1, 0.15) is 5.69 Å². The van der Waals surface area contributed by atoms with Gasteiger partial charge in [0, 0.05) is 12.4 Å². The first-order valence-corrected chi connectivity index (χ1v) is 3.36. The largest absolute Gasteiger partial charge is 0.188 e. The molecule has 0 amide bonds. The van der Waals surface area contributed by atoms with Crippen LogP contribution >= 0.6 is 15.9 Å². The molecule has 0 bridgehead atoms. The lowest BCUT2D eigenvalue weighted by Crippen LogP contribution is -1.91. The van der Waals surface area contributed by atoms with Gasteiger partial charge in [-0.3, -0.25) is 0 Å². The maximum Gasteiger partial charge on any atom is 0.0932 e. The Balaban J connectivity index is 2.84. The Morgan fingerprint density at radius 1 is 1.88 bits per heavy atom. The fourth-order valence-corrected chi connectivity index (χ4v) is 0.706. The molecule has 0 aliphatic carbocycles. The Bertz CT molecular complexity index is 172. The number of aromatic nitrogens is 3. The summed E-state index contributed by atoms with van der Waals surface area (Å²) < 4.78 is 0. The van der Waals surface area contributed by atoms with Gasteiger partial charge < -0.3 is 0 Å². The Hall–Kier alpha value is -0.380. The van der Waals surface area contributed by atoms with Crippen molar-refractivity contribution in [3.05, 3.63) is 11.9 Å². The smallest absolute Gasteiger partial charge is 0.0932 e. The third-order valence-corrected chi connectivity index (χ3v) is 1.36. The zero-order valence-corrected chi connectivity index (χ0v) is 6.09. The molecule has 0 aliphatic heterocycles. The second-order valence-corrected chi connectivity index (χ2v) is 2.02. The number of alkyl halides is 1. The molecule has 8 heavy (non-hydrogen) atoms. The zero-order valence-electron chi connectivity index (χ0n) is 4.50. The van der Waals surface area contributed by atoms with Crippen LogP contribution in [0, 0.1) is 0 Å². The van der Waals surface area contributed by atoms with Gasteiger partial charge in [0.1, 0.15) is 0 Å². The lowest BCUT2D eigenvalue weighted by atomic mass is 10.6. The molecule has 0 unspecified atom stereocenters. The van der Waals surface area contributed by atoms with E-state index in [1.807, 2.05) is 0 Å². The first-order chi connectivity index (χ1) is 3.83. The molecule has 0 aliphatic rings. The SMILES string of the molecule is Cn1ncc(CBr)n1. The van der Waals surface area contributed by atoms with E-state index < -0.39 is 0 Å². The number of hydrogen-bond donors (Lipinski definition) is 0. The monoisotopic (exact) mass is 175 g/mol. The maximum atomic E-state index is 3.99. The minimum Gasteiger partial charge on any atom is -0.188 e. The summed E-state index contributed by atoms with van der Waals surface area (Å²) in [7, 11) is 1.80. The summed E-state index contributed by atoms with van der Waals surface area (Å²) >= 11 is 3.25. The van der Waals surface area contributed by atoms with Crippen LogP contribution in [0.25, 0.3) is 0 Å². The lowest BCUT2D eigenvalue weighted by molar-refractivity contribution is 0.649. The van der Waals surface area contributed by atoms with Crippen molar-refractivity contribution in [2.75, 3.05) is 0 Å². The summed E-state index contributed by atoms with van der Waals surface area (Å²) in [4.78, 5) is 1.54. The number of rotatable bonds is 1. The molecule has 1 heterocycles. The fourth-order valence-electron chi connectivity index (χ4n) is 0.449. The molecule has 1 aromatic heterocycles. The highest BCUT2D eigenvalue weighted by molar-refractivity contribution is 9.08. The Morgan fingerprint density at radius 2 is 2.62 bits per heavy atom. The van der Waals surface area contributed by atoms with Gasteiger partial charge in [-0.2, -0.15) is 15.0 Å². The average molecular weight is 176 g/mol. The molecule has 0 saturated carbocycles. The molecule has 0 N–H and O–H groups in total. The van der Waals surface area contributed by atoms with Crippen LogP contribution in [-0.4, -0.2) is 15.0 Å². The van der Waals surface area contributed by atoms with Crippen LogP contribution in [0.15, 0.2) is 6.20 Å². The van der Waals surface area contributed by atoms with E-state index in [0.717, 1.165) is 11.0 Å². The highest BCUT2D eigenvalue weighted by atomic mass is 79.9. The standard InChI is InChI=1S/C4H6BrN3/c1-8-6-3-4(2-5)7-8/h3H,2H2,1H3. The summed E-state index contributed by atoms with van der Waals surface area (Å²) in [5.74, 6) is 0. The maximum absolute atomic E-state index is 3.99. The molecule has 0 radical (unpaired) electrons. The molecule has 4 heteroatoms. The predicted octanol–water partition coefficient (Wildman–Crippen LogP) is 0.710. The van der Waals surface area contributed by atoms with E-state index in [1.54, 1.807) is 13.2 Å². The molecule has 44 valence electrons. The minimum atomic E-state index is 0.779. The van der Waals surface area contributed by atoms with Crippen LogP contribution in [-0.2, 0) is 12.4 Å². The molecule has 1 aromatic rings. The molecule has 0 fully saturated rings. The first-order valence-electron chi connectivity index (χ1n) is 2.24. The molecule has 0 spiro atoms. The average Bonchev–Trinajstić information content (AvgIpc) is 2.14. The van der Waals surface area contributed by atoms with Gasteiger partial charge in [-0.05, 0) is 0 Å². The Kier molecular flexibility index (Phi) is 1.62. The molecule has 0 saturated heterocycles. The van der Waals surface area contributed by atoms with Gasteiger partial charge >= 0.3 is 0 Å². The van der Waals surface area contributed by atoms with Gasteiger partial charge in [-0.15, -0.1) is 0 Å². The number of halogens is 1. The van der Waals surface area contributed by atoms with Crippen LogP contribution in [0.5, 0.6) is 0 Å². The summed E-state index contributed by atoms with van der Waals surface area (Å²) in [6.45, 7) is 0. The fraction of sp³-hybridized carbons (Fsp3) is 0.500. The summed E-state index contributed by atoms with van der Waals surface area (Å²) in [6, 6.07) is 0. The minimum absolute atomic E-state index is 0.779. The van der Waals surface area contributed by atoms with Crippen LogP contribution in [0.3, 0.4) is 0 Å². The molecule has 0 atom stereocenters. The third-order valence-electron chi connectivity index (χ3n) is 0.784. The summed E-state index contributed by atoms with van der Waals surface area (Å²) in [6.07, 6.45) is 1.73. The van der Waals surface area contributed by atoms with Crippen molar-refractivity contribution in [2.45, 2.75) is 5.33 Å². The van der Waals surface area contributed by atoms with Crippen LogP contribution in [0.2, 0.25) is 0 Å². The van der Waals surface area contributed by atoms with Gasteiger partial charge in [-0.25, -0.2) is 0 Å². The normalized spacial score (nSPS) is 9.75. The summed E-state index contributed by atoms with van der Waals surface area (Å²) in [5.41, 5.74) is 0.965. The number of aryl methyl sites for hydroxylation is 1. The Morgan fingerprint density at radius 3 is 2.88 bits per heavy atom. The van der Waals surface area contributed by atoms with Crippen molar-refractivity contribution in [1.29, 1.82) is 0 Å². The van der Waals surface area contributed by atoms with Gasteiger partial charge in [0.15, 0.2) is 0 Å². The van der Waals surface area contributed by atoms with Gasteiger partial charge in [-0.1, -0.05) is 15.9 Å². The van der Waals surface area contributed by atoms with Crippen molar-refractivity contribution in [1.82, 2.24) is 15.0 Å². The van der Waals surface area contributed by atoms with E-state index >= 15 is 0 Å². The van der Waals surface area contributed by atoms with E-state index in [0.29, 0.717) is 0 Å². The van der Waals surface area contributed by atoms with Gasteiger partial charge in [0.05, 0.1) is 11.9 Å². The Labute approximate surface area is 55.8 Å². The second kappa shape index (κ2) is 2.26. The van der Waals surface area contributed by atoms with Crippen molar-refractivity contribution in [2.24, 2.45) is 7.05 Å². The quantitative estimate of drug-likeness (QED) is 0.590. The highest BCUT2D eigenvalue weighted by Crippen LogP contribution is 1.96. The predicted molar refractivity (Wildman–Crippen MR) is 33.6 cm³/mol. The van der Waals surface area contributed by atoms with E-state index in [4.69, 9.17) is 0 Å². The topological polar surface area (TPSA) is 30.7 Å². The molecule has 3 nitrogen and oxygen atoms in total. The van der Waals surface area contributed by atoms with Gasteiger partial charge in [0.25, 0.3) is 0 Å². The number of nitrogens with zero attached hydrogens (tertiary/aromatic N) is 3. The van der Waals surface area contributed by atoms with E-state index in [1.165, 1.54) is 4.80 Å². The highest BCUT2D eigenvalue weighted by Gasteiger charge is 1.91. The number of hydrogen-bond acceptors (Lipinski definition) is 2. The molecular formula is C4H6BrN3. The first kappa shape index (κ1) is 5.75. The lowest BCUT2D eigenvalue weighted by Gasteiger charge is -1.80. The van der Waals surface area contributed by atoms with Crippen molar-refractivity contribution >= 4 is 15.9 Å². The molecule has 1 rings (SSSR count). The third kappa shape index (κ3) is 1.06. The van der Waals surface area contributed by atoms with Crippen molar-refractivity contribution < 1.29 is 0 Å². The van der Waals surface area contributed by atoms with E-state index in [-0.39, 0.29) is 0 Å². The van der Waals surface area contributed by atoms with Crippen LogP contribution in [0.4, 0.5) is 0 Å². The van der Waals surface area contributed by atoms with Crippen molar-refractivity contribution in [3.8, 4) is 0 Å². The molecule has 0 aromatic carbocycles. The zero-order chi connectivity index (χ0) is 5.98. The summed E-state index contributed by atoms with van der Waals surface area (Å²) in [5, 5.41) is 8.63.